The average molecular weight is 162 g/mol. The van der Waals surface area contributed by atoms with Gasteiger partial charge in [0.2, 0.25) is 0 Å². The third kappa shape index (κ3) is 1.24. The minimum absolute atomic E-state index is 0.323. The van der Waals surface area contributed by atoms with Crippen LogP contribution in [0.15, 0.2) is 22.8 Å². The summed E-state index contributed by atoms with van der Waals surface area (Å²) in [6.45, 7) is 2.21. The van der Waals surface area contributed by atoms with Gasteiger partial charge in [0.05, 0.1) is 0 Å². The van der Waals surface area contributed by atoms with E-state index in [0.717, 1.165) is 19.3 Å². The standard InChI is InChI=1S/C11H14O/c1-8-3-2-4-9-7-10(12)5-6-11(8)9/h7H,2-6H2,1H3. The van der Waals surface area contributed by atoms with Crippen LogP contribution in [0.25, 0.3) is 0 Å². The van der Waals surface area contributed by atoms with Crippen LogP contribution in [0.3, 0.4) is 0 Å². The van der Waals surface area contributed by atoms with Gasteiger partial charge in [0.25, 0.3) is 0 Å². The molecule has 2 rings (SSSR count). The summed E-state index contributed by atoms with van der Waals surface area (Å²) in [5.41, 5.74) is 4.33. The van der Waals surface area contributed by atoms with Crippen molar-refractivity contribution < 1.29 is 4.79 Å². The fourth-order valence-electron chi connectivity index (χ4n) is 2.17. The first-order valence-electron chi connectivity index (χ1n) is 4.70. The van der Waals surface area contributed by atoms with Crippen molar-refractivity contribution in [3.63, 3.8) is 0 Å². The highest BCUT2D eigenvalue weighted by Gasteiger charge is 2.19. The van der Waals surface area contributed by atoms with E-state index in [2.05, 4.69) is 6.92 Å². The molecule has 2 aliphatic carbocycles. The molecule has 64 valence electrons. The largest absolute Gasteiger partial charge is 0.295 e. The van der Waals surface area contributed by atoms with Crippen LogP contribution >= 0.6 is 0 Å². The summed E-state index contributed by atoms with van der Waals surface area (Å²) in [7, 11) is 0. The highest BCUT2D eigenvalue weighted by Crippen LogP contribution is 2.34. The molecule has 0 saturated carbocycles. The SMILES string of the molecule is CC1=C2CCC(=O)C=C2CCC1. The van der Waals surface area contributed by atoms with Crippen LogP contribution in [0.2, 0.25) is 0 Å². The van der Waals surface area contributed by atoms with Crippen LogP contribution in [0, 0.1) is 0 Å². The number of carbonyl (C=O) groups excluding carboxylic acids is 1. The molecule has 2 aliphatic rings. The number of hydrogen-bond acceptors (Lipinski definition) is 1. The number of carbonyl (C=O) groups is 1. The van der Waals surface area contributed by atoms with E-state index in [1.54, 1.807) is 0 Å². The Morgan fingerprint density at radius 3 is 2.83 bits per heavy atom. The predicted molar refractivity (Wildman–Crippen MR) is 48.9 cm³/mol. The van der Waals surface area contributed by atoms with Crippen LogP contribution in [0.5, 0.6) is 0 Å². The molecule has 0 spiro atoms. The van der Waals surface area contributed by atoms with Gasteiger partial charge >= 0.3 is 0 Å². The molecule has 0 unspecified atom stereocenters. The molecule has 0 aromatic heterocycles. The summed E-state index contributed by atoms with van der Waals surface area (Å²) >= 11 is 0. The molecular formula is C11H14O. The third-order valence-corrected chi connectivity index (χ3v) is 2.86. The summed E-state index contributed by atoms with van der Waals surface area (Å²) in [6.07, 6.45) is 7.18. The van der Waals surface area contributed by atoms with Gasteiger partial charge in [-0.25, -0.2) is 0 Å². The van der Waals surface area contributed by atoms with Crippen molar-refractivity contribution in [2.24, 2.45) is 0 Å². The summed E-state index contributed by atoms with van der Waals surface area (Å²) in [6, 6.07) is 0. The third-order valence-electron chi connectivity index (χ3n) is 2.86. The average Bonchev–Trinajstić information content (AvgIpc) is 2.04. The quantitative estimate of drug-likeness (QED) is 0.535. The lowest BCUT2D eigenvalue weighted by molar-refractivity contribution is -0.114. The first kappa shape index (κ1) is 7.78. The molecule has 0 bridgehead atoms. The molecule has 0 N–H and O–H groups in total. The zero-order chi connectivity index (χ0) is 8.55. The maximum Gasteiger partial charge on any atom is 0.156 e. The Kier molecular flexibility index (Phi) is 1.87. The summed E-state index contributed by atoms with van der Waals surface area (Å²) in [4.78, 5) is 11.1. The van der Waals surface area contributed by atoms with Gasteiger partial charge < -0.3 is 0 Å². The molecule has 1 nitrogen and oxygen atoms in total. The predicted octanol–water partition coefficient (Wildman–Crippen LogP) is 2.78. The highest BCUT2D eigenvalue weighted by atomic mass is 16.1. The van der Waals surface area contributed by atoms with Crippen molar-refractivity contribution in [1.29, 1.82) is 0 Å². The van der Waals surface area contributed by atoms with E-state index in [9.17, 15) is 4.79 Å². The Balaban J connectivity index is 2.40. The number of rotatable bonds is 0. The van der Waals surface area contributed by atoms with Crippen molar-refractivity contribution in [2.75, 3.05) is 0 Å². The molecule has 0 atom stereocenters. The number of fused-ring (bicyclic) bond motifs is 1. The Morgan fingerprint density at radius 2 is 2.00 bits per heavy atom. The molecule has 0 aromatic carbocycles. The van der Waals surface area contributed by atoms with E-state index >= 15 is 0 Å². The maximum absolute atomic E-state index is 11.1. The van der Waals surface area contributed by atoms with Crippen LogP contribution in [-0.2, 0) is 4.79 Å². The molecule has 12 heavy (non-hydrogen) atoms. The van der Waals surface area contributed by atoms with Crippen molar-refractivity contribution in [3.8, 4) is 0 Å². The Hall–Kier alpha value is -0.850. The highest BCUT2D eigenvalue weighted by molar-refractivity contribution is 5.92. The molecule has 1 heteroatoms. The van der Waals surface area contributed by atoms with Gasteiger partial charge in [-0.15, -0.1) is 0 Å². The van der Waals surface area contributed by atoms with E-state index in [-0.39, 0.29) is 0 Å². The van der Waals surface area contributed by atoms with Gasteiger partial charge in [0.15, 0.2) is 5.78 Å². The molecule has 0 aromatic rings. The van der Waals surface area contributed by atoms with E-state index in [0.29, 0.717) is 5.78 Å². The van der Waals surface area contributed by atoms with Crippen LogP contribution in [0.1, 0.15) is 39.0 Å². The van der Waals surface area contributed by atoms with Crippen LogP contribution in [0.4, 0.5) is 0 Å². The van der Waals surface area contributed by atoms with Gasteiger partial charge in [0.1, 0.15) is 0 Å². The Labute approximate surface area is 73.2 Å². The number of ketones is 1. The van der Waals surface area contributed by atoms with Gasteiger partial charge in [-0.2, -0.15) is 0 Å². The molecule has 0 saturated heterocycles. The zero-order valence-corrected chi connectivity index (χ0v) is 7.52. The number of hydrogen-bond donors (Lipinski definition) is 0. The number of allylic oxidation sites excluding steroid dienone is 4. The first-order valence-corrected chi connectivity index (χ1v) is 4.70. The lowest BCUT2D eigenvalue weighted by Crippen LogP contribution is -2.10. The monoisotopic (exact) mass is 162 g/mol. The minimum Gasteiger partial charge on any atom is -0.295 e. The summed E-state index contributed by atoms with van der Waals surface area (Å²) < 4.78 is 0. The van der Waals surface area contributed by atoms with E-state index in [4.69, 9.17) is 0 Å². The smallest absolute Gasteiger partial charge is 0.156 e. The fraction of sp³-hybridized carbons (Fsp3) is 0.545. The van der Waals surface area contributed by atoms with Gasteiger partial charge in [-0.3, -0.25) is 4.79 Å². The lowest BCUT2D eigenvalue weighted by Gasteiger charge is -2.23. The second-order valence-corrected chi connectivity index (χ2v) is 3.75. The summed E-state index contributed by atoms with van der Waals surface area (Å²) in [5.74, 6) is 0.323. The van der Waals surface area contributed by atoms with Crippen molar-refractivity contribution in [2.45, 2.75) is 39.0 Å². The van der Waals surface area contributed by atoms with Gasteiger partial charge in [-0.1, -0.05) is 5.57 Å². The minimum atomic E-state index is 0.323. The normalized spacial score (nSPS) is 23.8. The van der Waals surface area contributed by atoms with Crippen LogP contribution in [-0.4, -0.2) is 5.78 Å². The Bertz CT molecular complexity index is 281. The molecule has 0 aliphatic heterocycles. The molecule has 0 heterocycles. The van der Waals surface area contributed by atoms with E-state index in [1.807, 2.05) is 6.08 Å². The van der Waals surface area contributed by atoms with Crippen molar-refractivity contribution >= 4 is 5.78 Å². The molecule has 0 radical (unpaired) electrons. The van der Waals surface area contributed by atoms with E-state index in [1.165, 1.54) is 29.6 Å². The van der Waals surface area contributed by atoms with Gasteiger partial charge in [0, 0.05) is 6.42 Å². The summed E-state index contributed by atoms with van der Waals surface area (Å²) in [5, 5.41) is 0. The second-order valence-electron chi connectivity index (χ2n) is 3.75. The molecule has 0 fully saturated rings. The molecular weight excluding hydrogens is 148 g/mol. The van der Waals surface area contributed by atoms with Crippen LogP contribution < -0.4 is 0 Å². The fourth-order valence-corrected chi connectivity index (χ4v) is 2.17. The lowest BCUT2D eigenvalue weighted by atomic mass is 9.81. The maximum atomic E-state index is 11.1. The van der Waals surface area contributed by atoms with E-state index < -0.39 is 0 Å². The van der Waals surface area contributed by atoms with Gasteiger partial charge in [-0.05, 0) is 49.8 Å². The molecule has 0 amide bonds. The van der Waals surface area contributed by atoms with Crippen molar-refractivity contribution in [1.82, 2.24) is 0 Å². The second kappa shape index (κ2) is 2.89. The van der Waals surface area contributed by atoms with Crippen molar-refractivity contribution in [3.05, 3.63) is 22.8 Å². The topological polar surface area (TPSA) is 17.1 Å². The Morgan fingerprint density at radius 1 is 1.17 bits per heavy atom. The first-order chi connectivity index (χ1) is 5.77. The zero-order valence-electron chi connectivity index (χ0n) is 7.52.